The van der Waals surface area contributed by atoms with Crippen LogP contribution in [0.4, 0.5) is 0 Å². The van der Waals surface area contributed by atoms with E-state index >= 15 is 0 Å². The summed E-state index contributed by atoms with van der Waals surface area (Å²) in [6.07, 6.45) is 0. The van der Waals surface area contributed by atoms with Crippen LogP contribution >= 0.6 is 38.9 Å². The van der Waals surface area contributed by atoms with Gasteiger partial charge in [-0.1, -0.05) is 11.6 Å². The molecule has 1 heterocycles. The van der Waals surface area contributed by atoms with Crippen LogP contribution in [0.1, 0.15) is 10.9 Å². The normalized spacial score (nSPS) is 12.7. The van der Waals surface area contributed by atoms with E-state index in [1.165, 1.54) is 11.3 Å². The van der Waals surface area contributed by atoms with E-state index in [1.807, 2.05) is 0 Å². The van der Waals surface area contributed by atoms with Crippen LogP contribution in [0.2, 0.25) is 5.02 Å². The molecule has 0 amide bonds. The molecule has 1 rings (SSSR count). The molecule has 0 saturated carbocycles. The number of rotatable bonds is 5. The molecule has 0 saturated heterocycles. The Balaban J connectivity index is 2.46. The van der Waals surface area contributed by atoms with Crippen LogP contribution < -0.4 is 5.73 Å². The summed E-state index contributed by atoms with van der Waals surface area (Å²) in [5.41, 5.74) is 5.78. The minimum absolute atomic E-state index is 0.162. The quantitative estimate of drug-likeness (QED) is 0.874. The summed E-state index contributed by atoms with van der Waals surface area (Å²) < 4.78 is 5.70. The third-order valence-corrected chi connectivity index (χ3v) is 4.16. The predicted molar refractivity (Wildman–Crippen MR) is 62.4 cm³/mol. The molecule has 1 atom stereocenters. The molecule has 0 fully saturated rings. The van der Waals surface area contributed by atoms with E-state index in [0.29, 0.717) is 5.02 Å². The molecule has 84 valence electrons. The minimum atomic E-state index is -1.01. The number of hydrogen-bond acceptors (Lipinski definition) is 4. The van der Waals surface area contributed by atoms with Gasteiger partial charge in [-0.25, -0.2) is 4.79 Å². The van der Waals surface area contributed by atoms with E-state index in [1.54, 1.807) is 6.07 Å². The summed E-state index contributed by atoms with van der Waals surface area (Å²) in [6.45, 7) is -0.177. The lowest BCUT2D eigenvalue weighted by molar-refractivity contribution is -0.142. The van der Waals surface area contributed by atoms with Gasteiger partial charge >= 0.3 is 5.97 Å². The Bertz CT molecular complexity index is 338. The minimum Gasteiger partial charge on any atom is -0.480 e. The van der Waals surface area contributed by atoms with Crippen LogP contribution in [-0.2, 0) is 9.53 Å². The first-order valence-electron chi connectivity index (χ1n) is 4.00. The monoisotopic (exact) mass is 313 g/mol. The molecule has 1 unspecified atom stereocenters. The summed E-state index contributed by atoms with van der Waals surface area (Å²) in [5, 5.41) is 8.95. The first-order chi connectivity index (χ1) is 7.00. The Morgan fingerprint density at radius 1 is 1.80 bits per heavy atom. The van der Waals surface area contributed by atoms with E-state index in [9.17, 15) is 4.79 Å². The standard InChI is InChI=1S/C8H9BrClNO3S/c9-8-4(10)1-6(15-8)5(11)2-14-3-7(12)13/h1,5H,2-3,11H2,(H,12,13). The van der Waals surface area contributed by atoms with Gasteiger partial charge in [0.05, 0.1) is 21.5 Å². The maximum Gasteiger partial charge on any atom is 0.329 e. The van der Waals surface area contributed by atoms with Crippen LogP contribution in [-0.4, -0.2) is 24.3 Å². The molecule has 0 bridgehead atoms. The number of aliphatic carboxylic acids is 1. The van der Waals surface area contributed by atoms with Crippen LogP contribution in [0.5, 0.6) is 0 Å². The highest BCUT2D eigenvalue weighted by Gasteiger charge is 2.12. The second-order valence-corrected chi connectivity index (χ2v) is 5.59. The fraction of sp³-hybridized carbons (Fsp3) is 0.375. The number of nitrogens with two attached hydrogens (primary N) is 1. The Labute approximate surface area is 104 Å². The second-order valence-electron chi connectivity index (χ2n) is 2.79. The van der Waals surface area contributed by atoms with Gasteiger partial charge in [0, 0.05) is 4.88 Å². The number of carboxylic acid groups (broad SMARTS) is 1. The highest BCUT2D eigenvalue weighted by molar-refractivity contribution is 9.11. The number of thiophene rings is 1. The van der Waals surface area contributed by atoms with Crippen molar-refractivity contribution in [1.29, 1.82) is 0 Å². The van der Waals surface area contributed by atoms with Crippen molar-refractivity contribution in [2.24, 2.45) is 5.73 Å². The van der Waals surface area contributed by atoms with E-state index in [4.69, 9.17) is 27.2 Å². The maximum absolute atomic E-state index is 10.2. The first-order valence-corrected chi connectivity index (χ1v) is 5.99. The molecule has 3 N–H and O–H groups in total. The summed E-state index contributed by atoms with van der Waals surface area (Å²) in [4.78, 5) is 11.0. The molecule has 0 aliphatic rings. The molecule has 7 heteroatoms. The van der Waals surface area contributed by atoms with Crippen LogP contribution in [0.3, 0.4) is 0 Å². The van der Waals surface area contributed by atoms with Crippen LogP contribution in [0.15, 0.2) is 9.85 Å². The van der Waals surface area contributed by atoms with Gasteiger partial charge in [0.15, 0.2) is 0 Å². The van der Waals surface area contributed by atoms with Gasteiger partial charge in [-0.3, -0.25) is 0 Å². The van der Waals surface area contributed by atoms with Crippen molar-refractivity contribution in [3.63, 3.8) is 0 Å². The smallest absolute Gasteiger partial charge is 0.329 e. The van der Waals surface area contributed by atoms with Gasteiger partial charge in [0.25, 0.3) is 0 Å². The first kappa shape index (κ1) is 12.9. The van der Waals surface area contributed by atoms with E-state index in [2.05, 4.69) is 15.9 Å². The molecule has 15 heavy (non-hydrogen) atoms. The van der Waals surface area contributed by atoms with Gasteiger partial charge in [0.2, 0.25) is 0 Å². The molecule has 1 aromatic rings. The molecular weight excluding hydrogens is 306 g/mol. The maximum atomic E-state index is 10.2. The van der Waals surface area contributed by atoms with E-state index in [0.717, 1.165) is 8.66 Å². The fourth-order valence-electron chi connectivity index (χ4n) is 0.901. The number of carboxylic acids is 1. The number of ether oxygens (including phenoxy) is 1. The largest absolute Gasteiger partial charge is 0.480 e. The molecule has 0 aromatic carbocycles. The SMILES string of the molecule is NC(COCC(=O)O)c1cc(Cl)c(Br)s1. The van der Waals surface area contributed by atoms with Crippen molar-refractivity contribution in [1.82, 2.24) is 0 Å². The molecule has 4 nitrogen and oxygen atoms in total. The molecule has 0 aliphatic heterocycles. The Morgan fingerprint density at radius 2 is 2.47 bits per heavy atom. The van der Waals surface area contributed by atoms with Gasteiger partial charge in [-0.15, -0.1) is 11.3 Å². The average molecular weight is 315 g/mol. The molecular formula is C8H9BrClNO3S. The summed E-state index contributed by atoms with van der Waals surface area (Å²) in [7, 11) is 0. The highest BCUT2D eigenvalue weighted by atomic mass is 79.9. The van der Waals surface area contributed by atoms with Crippen molar-refractivity contribution < 1.29 is 14.6 Å². The lowest BCUT2D eigenvalue weighted by Gasteiger charge is -2.08. The van der Waals surface area contributed by atoms with E-state index < -0.39 is 5.97 Å². The summed E-state index contributed by atoms with van der Waals surface area (Å²) in [5.74, 6) is -1.01. The second kappa shape index (κ2) is 5.81. The third-order valence-electron chi connectivity index (χ3n) is 1.55. The zero-order valence-electron chi connectivity index (χ0n) is 7.57. The van der Waals surface area contributed by atoms with Crippen molar-refractivity contribution in [2.75, 3.05) is 13.2 Å². The number of carbonyl (C=O) groups is 1. The lowest BCUT2D eigenvalue weighted by atomic mass is 10.3. The van der Waals surface area contributed by atoms with Crippen molar-refractivity contribution in [3.05, 3.63) is 19.8 Å². The Hall–Kier alpha value is -0.140. The molecule has 0 radical (unpaired) electrons. The van der Waals surface area contributed by atoms with Crippen molar-refractivity contribution in [3.8, 4) is 0 Å². The number of hydrogen-bond donors (Lipinski definition) is 2. The number of halogens is 2. The van der Waals surface area contributed by atoms with Crippen molar-refractivity contribution >= 4 is 44.8 Å². The zero-order chi connectivity index (χ0) is 11.4. The van der Waals surface area contributed by atoms with Crippen LogP contribution in [0, 0.1) is 0 Å². The Kier molecular flexibility index (Phi) is 5.01. The summed E-state index contributed by atoms with van der Waals surface area (Å²) >= 11 is 10.5. The highest BCUT2D eigenvalue weighted by Crippen LogP contribution is 2.34. The molecule has 0 aliphatic carbocycles. The summed E-state index contributed by atoms with van der Waals surface area (Å²) in [6, 6.07) is 1.39. The predicted octanol–water partition coefficient (Wildman–Crippen LogP) is 2.26. The van der Waals surface area contributed by atoms with Gasteiger partial charge in [-0.05, 0) is 22.0 Å². The zero-order valence-corrected chi connectivity index (χ0v) is 10.7. The van der Waals surface area contributed by atoms with Gasteiger partial charge in [0.1, 0.15) is 6.61 Å². The average Bonchev–Trinajstić information content (AvgIpc) is 2.46. The van der Waals surface area contributed by atoms with Crippen LogP contribution in [0.25, 0.3) is 0 Å². The van der Waals surface area contributed by atoms with E-state index in [-0.39, 0.29) is 19.3 Å². The fourth-order valence-corrected chi connectivity index (χ4v) is 2.63. The van der Waals surface area contributed by atoms with Crippen molar-refractivity contribution in [2.45, 2.75) is 6.04 Å². The molecule has 1 aromatic heterocycles. The Morgan fingerprint density at radius 3 is 2.93 bits per heavy atom. The molecule has 0 spiro atoms. The van der Waals surface area contributed by atoms with Gasteiger partial charge in [-0.2, -0.15) is 0 Å². The lowest BCUT2D eigenvalue weighted by Crippen LogP contribution is -2.18. The third kappa shape index (κ3) is 4.08. The topological polar surface area (TPSA) is 72.5 Å². The van der Waals surface area contributed by atoms with Gasteiger partial charge < -0.3 is 15.6 Å².